The van der Waals surface area contributed by atoms with Crippen LogP contribution in [-0.4, -0.2) is 30.5 Å². The van der Waals surface area contributed by atoms with E-state index in [0.29, 0.717) is 19.5 Å². The number of nitrogens with zero attached hydrogens (tertiary/aromatic N) is 1. The van der Waals surface area contributed by atoms with E-state index in [9.17, 15) is 4.79 Å². The third-order valence-corrected chi connectivity index (χ3v) is 2.34. The Bertz CT molecular complexity index is 368. The summed E-state index contributed by atoms with van der Waals surface area (Å²) in [6, 6.07) is 5.78. The van der Waals surface area contributed by atoms with Crippen molar-refractivity contribution in [3.63, 3.8) is 0 Å². The standard InChI is InChI=1S/C13H22N4O/c1-3-9-15-11-6-5-7-12(17-11)16-10-8-13(18)14-4-2/h5-7H,3-4,8-10H2,1-2H3,(H,14,18)(H2,15,16,17). The molecule has 0 bridgehead atoms. The van der Waals surface area contributed by atoms with Crippen LogP contribution in [0.3, 0.4) is 0 Å². The summed E-state index contributed by atoms with van der Waals surface area (Å²) >= 11 is 0. The van der Waals surface area contributed by atoms with Gasteiger partial charge in [0.1, 0.15) is 11.6 Å². The fraction of sp³-hybridized carbons (Fsp3) is 0.538. The summed E-state index contributed by atoms with van der Waals surface area (Å²) in [4.78, 5) is 15.7. The van der Waals surface area contributed by atoms with Crippen molar-refractivity contribution in [1.29, 1.82) is 0 Å². The van der Waals surface area contributed by atoms with Gasteiger partial charge in [-0.25, -0.2) is 4.98 Å². The first-order chi connectivity index (χ1) is 8.76. The average molecular weight is 250 g/mol. The zero-order valence-corrected chi connectivity index (χ0v) is 11.1. The van der Waals surface area contributed by atoms with Crippen LogP contribution < -0.4 is 16.0 Å². The van der Waals surface area contributed by atoms with Gasteiger partial charge in [-0.2, -0.15) is 0 Å². The van der Waals surface area contributed by atoms with Gasteiger partial charge in [0.15, 0.2) is 0 Å². The molecule has 5 heteroatoms. The van der Waals surface area contributed by atoms with Crippen molar-refractivity contribution in [2.45, 2.75) is 26.7 Å². The normalized spacial score (nSPS) is 9.89. The maximum atomic E-state index is 11.3. The number of carbonyl (C=O) groups is 1. The Labute approximate surface area is 108 Å². The Balaban J connectivity index is 2.35. The lowest BCUT2D eigenvalue weighted by molar-refractivity contribution is -0.120. The van der Waals surface area contributed by atoms with Crippen molar-refractivity contribution in [3.8, 4) is 0 Å². The number of nitrogens with one attached hydrogen (secondary N) is 3. The Morgan fingerprint density at radius 1 is 1.17 bits per heavy atom. The van der Waals surface area contributed by atoms with Crippen LogP contribution in [0.5, 0.6) is 0 Å². The number of carbonyl (C=O) groups excluding carboxylic acids is 1. The van der Waals surface area contributed by atoms with Gasteiger partial charge in [-0.1, -0.05) is 13.0 Å². The molecule has 0 saturated heterocycles. The van der Waals surface area contributed by atoms with Gasteiger partial charge in [0, 0.05) is 26.1 Å². The van der Waals surface area contributed by atoms with Crippen molar-refractivity contribution >= 4 is 17.5 Å². The lowest BCUT2D eigenvalue weighted by atomic mass is 10.3. The molecule has 1 aromatic rings. The van der Waals surface area contributed by atoms with E-state index in [1.54, 1.807) is 0 Å². The molecule has 100 valence electrons. The quantitative estimate of drug-likeness (QED) is 0.658. The van der Waals surface area contributed by atoms with Crippen LogP contribution in [0.1, 0.15) is 26.7 Å². The van der Waals surface area contributed by atoms with Gasteiger partial charge in [-0.3, -0.25) is 4.79 Å². The van der Waals surface area contributed by atoms with Crippen LogP contribution in [0.4, 0.5) is 11.6 Å². The van der Waals surface area contributed by atoms with E-state index >= 15 is 0 Å². The predicted molar refractivity (Wildman–Crippen MR) is 74.8 cm³/mol. The maximum Gasteiger partial charge on any atom is 0.221 e. The summed E-state index contributed by atoms with van der Waals surface area (Å²) < 4.78 is 0. The van der Waals surface area contributed by atoms with Gasteiger partial charge in [0.05, 0.1) is 0 Å². The van der Waals surface area contributed by atoms with Crippen LogP contribution >= 0.6 is 0 Å². The van der Waals surface area contributed by atoms with Crippen LogP contribution in [0.15, 0.2) is 18.2 Å². The smallest absolute Gasteiger partial charge is 0.221 e. The lowest BCUT2D eigenvalue weighted by Gasteiger charge is -2.08. The highest BCUT2D eigenvalue weighted by Gasteiger charge is 2.00. The SMILES string of the molecule is CCCNc1cccc(NCCC(=O)NCC)n1. The topological polar surface area (TPSA) is 66.0 Å². The lowest BCUT2D eigenvalue weighted by Crippen LogP contribution is -2.24. The molecule has 0 spiro atoms. The largest absolute Gasteiger partial charge is 0.370 e. The van der Waals surface area contributed by atoms with Gasteiger partial charge in [-0.15, -0.1) is 0 Å². The Hall–Kier alpha value is -1.78. The first kappa shape index (κ1) is 14.3. The van der Waals surface area contributed by atoms with Gasteiger partial charge >= 0.3 is 0 Å². The fourth-order valence-corrected chi connectivity index (χ4v) is 1.47. The van der Waals surface area contributed by atoms with E-state index in [-0.39, 0.29) is 5.91 Å². The second-order valence-electron chi connectivity index (χ2n) is 3.97. The molecule has 18 heavy (non-hydrogen) atoms. The van der Waals surface area contributed by atoms with Crippen molar-refractivity contribution in [2.24, 2.45) is 0 Å². The van der Waals surface area contributed by atoms with Crippen LogP contribution in [0.25, 0.3) is 0 Å². The molecule has 0 saturated carbocycles. The van der Waals surface area contributed by atoms with E-state index in [2.05, 4.69) is 27.9 Å². The van der Waals surface area contributed by atoms with Gasteiger partial charge in [0.25, 0.3) is 0 Å². The molecule has 0 aromatic carbocycles. The number of hydrogen-bond acceptors (Lipinski definition) is 4. The van der Waals surface area contributed by atoms with Crippen molar-refractivity contribution < 1.29 is 4.79 Å². The minimum atomic E-state index is 0.0604. The maximum absolute atomic E-state index is 11.3. The second-order valence-corrected chi connectivity index (χ2v) is 3.97. The molecule has 0 aliphatic heterocycles. The number of rotatable bonds is 8. The van der Waals surface area contributed by atoms with E-state index in [0.717, 1.165) is 24.6 Å². The summed E-state index contributed by atoms with van der Waals surface area (Å²) in [5.74, 6) is 1.71. The Kier molecular flexibility index (Phi) is 6.61. The van der Waals surface area contributed by atoms with E-state index < -0.39 is 0 Å². The molecule has 3 N–H and O–H groups in total. The van der Waals surface area contributed by atoms with E-state index in [1.165, 1.54) is 0 Å². The van der Waals surface area contributed by atoms with Crippen LogP contribution in [0, 0.1) is 0 Å². The van der Waals surface area contributed by atoms with Gasteiger partial charge in [0.2, 0.25) is 5.91 Å². The molecule has 0 aliphatic carbocycles. The molecule has 1 aromatic heterocycles. The molecule has 1 heterocycles. The first-order valence-corrected chi connectivity index (χ1v) is 6.47. The Morgan fingerprint density at radius 3 is 2.44 bits per heavy atom. The Morgan fingerprint density at radius 2 is 1.83 bits per heavy atom. The zero-order chi connectivity index (χ0) is 13.2. The summed E-state index contributed by atoms with van der Waals surface area (Å²) in [6.07, 6.45) is 1.53. The molecule has 0 fully saturated rings. The average Bonchev–Trinajstić information content (AvgIpc) is 2.37. The van der Waals surface area contributed by atoms with Crippen LogP contribution in [0.2, 0.25) is 0 Å². The summed E-state index contributed by atoms with van der Waals surface area (Å²) in [7, 11) is 0. The minimum Gasteiger partial charge on any atom is -0.370 e. The first-order valence-electron chi connectivity index (χ1n) is 6.47. The molecule has 0 unspecified atom stereocenters. The molecular weight excluding hydrogens is 228 g/mol. The number of amides is 1. The third-order valence-electron chi connectivity index (χ3n) is 2.34. The molecule has 0 aliphatic rings. The minimum absolute atomic E-state index is 0.0604. The highest BCUT2D eigenvalue weighted by Crippen LogP contribution is 2.08. The monoisotopic (exact) mass is 250 g/mol. The van der Waals surface area contributed by atoms with Gasteiger partial charge < -0.3 is 16.0 Å². The molecule has 1 rings (SSSR count). The summed E-state index contributed by atoms with van der Waals surface area (Å²) in [5, 5.41) is 9.12. The van der Waals surface area contributed by atoms with Gasteiger partial charge in [-0.05, 0) is 25.5 Å². The third kappa shape index (κ3) is 5.52. The summed E-state index contributed by atoms with van der Waals surface area (Å²) in [6.45, 7) is 6.20. The molecule has 5 nitrogen and oxygen atoms in total. The predicted octanol–water partition coefficient (Wildman–Crippen LogP) is 1.84. The zero-order valence-electron chi connectivity index (χ0n) is 11.1. The molecule has 0 radical (unpaired) electrons. The number of hydrogen-bond donors (Lipinski definition) is 3. The highest BCUT2D eigenvalue weighted by molar-refractivity contribution is 5.76. The molecule has 1 amide bonds. The number of anilines is 2. The van der Waals surface area contributed by atoms with Crippen molar-refractivity contribution in [3.05, 3.63) is 18.2 Å². The summed E-state index contributed by atoms with van der Waals surface area (Å²) in [5.41, 5.74) is 0. The van der Waals surface area contributed by atoms with E-state index in [1.807, 2.05) is 25.1 Å². The van der Waals surface area contributed by atoms with Crippen molar-refractivity contribution in [2.75, 3.05) is 30.3 Å². The van der Waals surface area contributed by atoms with Crippen LogP contribution in [-0.2, 0) is 4.79 Å². The highest BCUT2D eigenvalue weighted by atomic mass is 16.1. The molecular formula is C13H22N4O. The van der Waals surface area contributed by atoms with Crippen molar-refractivity contribution in [1.82, 2.24) is 10.3 Å². The number of pyridine rings is 1. The fourth-order valence-electron chi connectivity index (χ4n) is 1.47. The molecule has 0 atom stereocenters. The second kappa shape index (κ2) is 8.33. The number of aromatic nitrogens is 1. The van der Waals surface area contributed by atoms with E-state index in [4.69, 9.17) is 0 Å².